The molecule has 1 saturated carbocycles. The van der Waals surface area contributed by atoms with Gasteiger partial charge in [0.1, 0.15) is 14.0 Å². The van der Waals surface area contributed by atoms with Gasteiger partial charge < -0.3 is 27.4 Å². The fourth-order valence-electron chi connectivity index (χ4n) is 5.03. The maximum absolute atomic E-state index is 5.32. The number of rotatable bonds is 4. The molecule has 1 aliphatic heterocycles. The number of methoxy groups -OCH3 is 1. The Morgan fingerprint density at radius 3 is 2.33 bits per heavy atom. The van der Waals surface area contributed by atoms with Gasteiger partial charge in [0.05, 0.1) is 7.11 Å². The van der Waals surface area contributed by atoms with E-state index in [4.69, 9.17) is 23.3 Å². The van der Waals surface area contributed by atoms with Crippen molar-refractivity contribution in [1.29, 1.82) is 0 Å². The van der Waals surface area contributed by atoms with Crippen molar-refractivity contribution in [2.24, 2.45) is 11.8 Å². The molecule has 1 heterocycles. The van der Waals surface area contributed by atoms with Gasteiger partial charge in [0.2, 0.25) is 0 Å². The fourth-order valence-corrected chi connectivity index (χ4v) is 8.59. The molecular weight excluding hydrogens is 469 g/mol. The van der Waals surface area contributed by atoms with Crippen molar-refractivity contribution in [3.63, 3.8) is 0 Å². The van der Waals surface area contributed by atoms with E-state index < -0.39 is 25.3 Å². The van der Waals surface area contributed by atoms with Crippen molar-refractivity contribution >= 4 is 32.4 Å². The second-order valence-electron chi connectivity index (χ2n) is 8.24. The second-order valence-corrected chi connectivity index (χ2v) is 15.5. The Morgan fingerprint density at radius 2 is 1.73 bits per heavy atom. The van der Waals surface area contributed by atoms with E-state index in [0.717, 1.165) is 24.6 Å². The number of allylic oxidation sites excluding steroid dienone is 4. The summed E-state index contributed by atoms with van der Waals surface area (Å²) in [5, 5.41) is 9.06. The van der Waals surface area contributed by atoms with Crippen LogP contribution in [0.25, 0.3) is 16.2 Å². The van der Waals surface area contributed by atoms with Crippen LogP contribution in [-0.2, 0) is 17.0 Å². The first-order valence-electron chi connectivity index (χ1n) is 10.0. The molecule has 8 heteroatoms. The molecular formula is C22H32Cl2N3OSiTi+. The molecule has 3 atom stereocenters. The third kappa shape index (κ3) is 5.82. The van der Waals surface area contributed by atoms with E-state index in [1.807, 2.05) is 0 Å². The molecule has 0 radical (unpaired) electrons. The standard InChI is InChI=1S/C21H29N3OSi.CH3.2ClH.Ti/c1-25-17-9-7-16(8-10-17)18-5-4-6-20-19(18)11-12-21(20)26(2,3)24-14-22-13-23-15-24;;;;/h4-10,19-21H,11-15H2,1-3H3;1H3;2*1H;/q-2;-1;;;+6/p-2. The maximum atomic E-state index is 5.32. The first-order valence-corrected chi connectivity index (χ1v) is 17.4. The van der Waals surface area contributed by atoms with Gasteiger partial charge in [-0.05, 0) is 47.1 Å². The molecule has 30 heavy (non-hydrogen) atoms. The molecule has 2 fully saturated rings. The van der Waals surface area contributed by atoms with Gasteiger partial charge in [-0.3, -0.25) is 6.67 Å². The molecule has 1 saturated heterocycles. The number of halogens is 2. The predicted molar refractivity (Wildman–Crippen MR) is 129 cm³/mol. The van der Waals surface area contributed by atoms with Crippen LogP contribution in [0, 0.1) is 19.3 Å². The number of fused-ring (bicyclic) bond motifs is 1. The fraction of sp³-hybridized carbons (Fsp3) is 0.500. The van der Waals surface area contributed by atoms with E-state index in [9.17, 15) is 0 Å². The molecule has 0 N–H and O–H groups in total. The summed E-state index contributed by atoms with van der Waals surface area (Å²) in [6.45, 7) is 7.48. The van der Waals surface area contributed by atoms with E-state index in [-0.39, 0.29) is 7.43 Å². The van der Waals surface area contributed by atoms with Gasteiger partial charge in [-0.2, -0.15) is 0 Å². The number of ether oxygens (including phenoxy) is 1. The average molecular weight is 501 g/mol. The average Bonchev–Trinajstić information content (AvgIpc) is 3.20. The summed E-state index contributed by atoms with van der Waals surface area (Å²) in [5.74, 6) is 2.22. The molecule has 3 aliphatic rings. The summed E-state index contributed by atoms with van der Waals surface area (Å²) < 4.78 is 7.91. The predicted octanol–water partition coefficient (Wildman–Crippen LogP) is 7.01. The summed E-state index contributed by atoms with van der Waals surface area (Å²) in [6.07, 6.45) is 9.70. The molecule has 162 valence electrons. The quantitative estimate of drug-likeness (QED) is 0.329. The van der Waals surface area contributed by atoms with Gasteiger partial charge in [-0.1, -0.05) is 49.9 Å². The Morgan fingerprint density at radius 1 is 1.10 bits per heavy atom. The van der Waals surface area contributed by atoms with E-state index in [1.165, 1.54) is 24.0 Å². The number of hydrogen-bond acceptors (Lipinski definition) is 2. The van der Waals surface area contributed by atoms with E-state index in [1.54, 1.807) is 7.11 Å². The Labute approximate surface area is 200 Å². The second kappa shape index (κ2) is 12.2. The first kappa shape index (κ1) is 26.1. The van der Waals surface area contributed by atoms with Crippen molar-refractivity contribution in [1.82, 2.24) is 4.57 Å². The molecule has 0 spiro atoms. The Kier molecular flexibility index (Phi) is 10.6. The number of benzene rings is 1. The summed E-state index contributed by atoms with van der Waals surface area (Å²) >= 11 is -0.556. The topological polar surface area (TPSA) is 40.7 Å². The SMILES string of the molecule is COc1ccc(C2=CC=CC3C2CCC3[Si](C)(C)N2C[N-]C[N-]C2)cc1.[CH3-].[Cl][Ti+4][Cl]. The molecule has 4 nitrogen and oxygen atoms in total. The zero-order chi connectivity index (χ0) is 20.9. The van der Waals surface area contributed by atoms with E-state index in [0.29, 0.717) is 18.5 Å². The zero-order valence-electron chi connectivity index (χ0n) is 18.3. The Bertz CT molecular complexity index is 724. The van der Waals surface area contributed by atoms with Crippen molar-refractivity contribution < 1.29 is 21.8 Å². The van der Waals surface area contributed by atoms with E-state index >= 15 is 0 Å². The van der Waals surface area contributed by atoms with Crippen molar-refractivity contribution in [3.05, 3.63) is 66.1 Å². The van der Waals surface area contributed by atoms with Crippen molar-refractivity contribution in [2.45, 2.75) is 31.5 Å². The minimum atomic E-state index is -1.58. The van der Waals surface area contributed by atoms with Crippen LogP contribution in [0.15, 0.2) is 42.5 Å². The van der Waals surface area contributed by atoms with Gasteiger partial charge in [0.25, 0.3) is 0 Å². The molecule has 0 aromatic heterocycles. The Balaban J connectivity index is 0.000000757. The van der Waals surface area contributed by atoms with Crippen molar-refractivity contribution in [3.8, 4) is 5.75 Å². The van der Waals surface area contributed by atoms with Gasteiger partial charge in [-0.25, -0.2) is 0 Å². The molecule has 1 aromatic carbocycles. The first-order chi connectivity index (χ1) is 14.0. The normalized spacial score (nSPS) is 26.2. The van der Waals surface area contributed by atoms with Crippen LogP contribution in [0.5, 0.6) is 5.75 Å². The third-order valence-corrected chi connectivity index (χ3v) is 11.0. The van der Waals surface area contributed by atoms with Gasteiger partial charge in [0.15, 0.2) is 0 Å². The molecule has 1 aromatic rings. The zero-order valence-corrected chi connectivity index (χ0v) is 22.4. The van der Waals surface area contributed by atoms with Crippen LogP contribution in [0.4, 0.5) is 0 Å². The van der Waals surface area contributed by atoms with Crippen LogP contribution in [0.1, 0.15) is 18.4 Å². The van der Waals surface area contributed by atoms with Crippen LogP contribution in [0.2, 0.25) is 18.6 Å². The number of nitrogens with zero attached hydrogens (tertiary/aromatic N) is 3. The van der Waals surface area contributed by atoms with Crippen LogP contribution >= 0.6 is 18.6 Å². The molecule has 2 aliphatic carbocycles. The molecule has 0 amide bonds. The van der Waals surface area contributed by atoms with Crippen LogP contribution < -0.4 is 4.74 Å². The number of hydrogen-bond donors (Lipinski definition) is 0. The monoisotopic (exact) mass is 500 g/mol. The minimum absolute atomic E-state index is 0. The summed E-state index contributed by atoms with van der Waals surface area (Å²) in [6, 6.07) is 8.56. The molecule has 0 bridgehead atoms. The van der Waals surface area contributed by atoms with Gasteiger partial charge in [-0.15, -0.1) is 13.3 Å². The van der Waals surface area contributed by atoms with E-state index in [2.05, 4.69) is 70.8 Å². The molecule has 3 unspecified atom stereocenters. The molecule has 4 rings (SSSR count). The van der Waals surface area contributed by atoms with Crippen LogP contribution in [0.3, 0.4) is 0 Å². The Hall–Kier alpha value is -0.109. The van der Waals surface area contributed by atoms with Crippen molar-refractivity contribution in [2.75, 3.05) is 27.1 Å². The third-order valence-electron chi connectivity index (χ3n) is 6.61. The summed E-state index contributed by atoms with van der Waals surface area (Å²) in [4.78, 5) is 0. The van der Waals surface area contributed by atoms with Gasteiger partial charge in [0, 0.05) is 0 Å². The van der Waals surface area contributed by atoms with Gasteiger partial charge >= 0.3 is 35.6 Å². The van der Waals surface area contributed by atoms with Crippen LogP contribution in [-0.4, -0.2) is 39.9 Å². The summed E-state index contributed by atoms with van der Waals surface area (Å²) in [5.41, 5.74) is 3.61. The summed E-state index contributed by atoms with van der Waals surface area (Å²) in [7, 11) is 9.93.